The zero-order chi connectivity index (χ0) is 10.9. The van der Waals surface area contributed by atoms with Crippen LogP contribution in [0.2, 0.25) is 0 Å². The highest BCUT2D eigenvalue weighted by Crippen LogP contribution is 2.15. The molecule has 1 saturated heterocycles. The van der Waals surface area contributed by atoms with E-state index in [0.29, 0.717) is 33.0 Å². The molecule has 2 heterocycles. The zero-order valence-electron chi connectivity index (χ0n) is 8.66. The molecule has 2 rings (SSSR count). The van der Waals surface area contributed by atoms with Crippen LogP contribution in [0.15, 0.2) is 12.4 Å². The highest BCUT2D eigenvalue weighted by atomic mass is 32.2. The lowest BCUT2D eigenvalue weighted by Crippen LogP contribution is -2.47. The molecule has 0 amide bonds. The molecule has 0 aromatic heterocycles. The first kappa shape index (κ1) is 10.7. The van der Waals surface area contributed by atoms with Gasteiger partial charge in [-0.1, -0.05) is 0 Å². The molecule has 0 spiro atoms. The van der Waals surface area contributed by atoms with Gasteiger partial charge in [-0.05, 0) is 0 Å². The lowest BCUT2D eigenvalue weighted by Gasteiger charge is -2.30. The third-order valence-electron chi connectivity index (χ3n) is 2.44. The molecule has 0 radical (unpaired) electrons. The van der Waals surface area contributed by atoms with Gasteiger partial charge < -0.3 is 9.64 Å². The van der Waals surface area contributed by atoms with E-state index in [2.05, 4.69) is 0 Å². The van der Waals surface area contributed by atoms with Gasteiger partial charge in [0.15, 0.2) is 0 Å². The Balaban J connectivity index is 2.09. The Morgan fingerprint density at radius 3 is 2.40 bits per heavy atom. The highest BCUT2D eigenvalue weighted by molar-refractivity contribution is 7.86. The largest absolute Gasteiger partial charge is 0.379 e. The van der Waals surface area contributed by atoms with Crippen LogP contribution in [0, 0.1) is 0 Å². The summed E-state index contributed by atoms with van der Waals surface area (Å²) in [5, 5.41) is 0. The summed E-state index contributed by atoms with van der Waals surface area (Å²) in [5.74, 6) is 0. The van der Waals surface area contributed by atoms with E-state index < -0.39 is 10.2 Å². The minimum atomic E-state index is -3.34. The quantitative estimate of drug-likeness (QED) is 0.629. The fraction of sp³-hybridized carbons (Fsp3) is 0.750. The summed E-state index contributed by atoms with van der Waals surface area (Å²) in [4.78, 5) is 1.82. The summed E-state index contributed by atoms with van der Waals surface area (Å²) >= 11 is 0. The van der Waals surface area contributed by atoms with Crippen LogP contribution in [0.5, 0.6) is 0 Å². The lowest BCUT2D eigenvalue weighted by atomic mass is 10.5. The van der Waals surface area contributed by atoms with E-state index in [1.54, 1.807) is 12.4 Å². The van der Waals surface area contributed by atoms with E-state index in [0.717, 1.165) is 0 Å². The van der Waals surface area contributed by atoms with Crippen molar-refractivity contribution in [3.05, 3.63) is 12.4 Å². The number of ether oxygens (including phenoxy) is 1. The topological polar surface area (TPSA) is 53.1 Å². The van der Waals surface area contributed by atoms with E-state index in [-0.39, 0.29) is 0 Å². The number of hydrogen-bond donors (Lipinski definition) is 0. The predicted octanol–water partition coefficient (Wildman–Crippen LogP) is -0.760. The maximum Gasteiger partial charge on any atom is 0.305 e. The van der Waals surface area contributed by atoms with E-state index in [9.17, 15) is 8.42 Å². The second-order valence-corrected chi connectivity index (χ2v) is 5.48. The maximum absolute atomic E-state index is 12.1. The Hall–Kier alpha value is -0.790. The molecule has 2 aliphatic rings. The molecule has 0 aromatic carbocycles. The van der Waals surface area contributed by atoms with Crippen molar-refractivity contribution in [3.63, 3.8) is 0 Å². The SMILES string of the molecule is CN1C=CN(S(=O)(=O)N2CCOCC2)C1. The first-order valence-corrected chi connectivity index (χ1v) is 6.23. The lowest BCUT2D eigenvalue weighted by molar-refractivity contribution is 0.0707. The van der Waals surface area contributed by atoms with Crippen molar-refractivity contribution in [1.82, 2.24) is 13.5 Å². The number of nitrogens with zero attached hydrogens (tertiary/aromatic N) is 3. The summed E-state index contributed by atoms with van der Waals surface area (Å²) in [6, 6.07) is 0. The van der Waals surface area contributed by atoms with E-state index in [4.69, 9.17) is 4.74 Å². The highest BCUT2D eigenvalue weighted by Gasteiger charge is 2.31. The van der Waals surface area contributed by atoms with E-state index in [1.165, 1.54) is 8.61 Å². The van der Waals surface area contributed by atoms with Crippen molar-refractivity contribution in [2.45, 2.75) is 0 Å². The fourth-order valence-corrected chi connectivity index (χ4v) is 3.02. The number of morpholine rings is 1. The average molecular weight is 233 g/mol. The summed E-state index contributed by atoms with van der Waals surface area (Å²) in [5.41, 5.74) is 0. The molecule has 0 N–H and O–H groups in total. The Bertz CT molecular complexity index is 348. The third kappa shape index (κ3) is 2.09. The van der Waals surface area contributed by atoms with Crippen LogP contribution in [0.4, 0.5) is 0 Å². The summed E-state index contributed by atoms with van der Waals surface area (Å²) in [6.45, 7) is 2.23. The molecule has 0 atom stereocenters. The van der Waals surface area contributed by atoms with Gasteiger partial charge in [-0.15, -0.1) is 0 Å². The third-order valence-corrected chi connectivity index (χ3v) is 4.29. The van der Waals surface area contributed by atoms with Crippen LogP contribution in [0.1, 0.15) is 0 Å². The molecule has 15 heavy (non-hydrogen) atoms. The molecule has 0 unspecified atom stereocenters. The molecular weight excluding hydrogens is 218 g/mol. The average Bonchev–Trinajstić information content (AvgIpc) is 2.67. The Morgan fingerprint density at radius 1 is 1.20 bits per heavy atom. The summed E-state index contributed by atoms with van der Waals surface area (Å²) < 4.78 is 32.0. The number of rotatable bonds is 2. The van der Waals surface area contributed by atoms with Crippen LogP contribution in [-0.2, 0) is 14.9 Å². The van der Waals surface area contributed by atoms with Gasteiger partial charge in [-0.25, -0.2) is 4.31 Å². The van der Waals surface area contributed by atoms with Gasteiger partial charge in [0.2, 0.25) is 0 Å². The maximum atomic E-state index is 12.1. The van der Waals surface area contributed by atoms with Gasteiger partial charge in [0.1, 0.15) is 6.67 Å². The van der Waals surface area contributed by atoms with Crippen LogP contribution in [0.25, 0.3) is 0 Å². The monoisotopic (exact) mass is 233 g/mol. The van der Waals surface area contributed by atoms with Crippen LogP contribution < -0.4 is 0 Å². The van der Waals surface area contributed by atoms with Crippen molar-refractivity contribution in [2.75, 3.05) is 40.0 Å². The van der Waals surface area contributed by atoms with E-state index in [1.807, 2.05) is 11.9 Å². The van der Waals surface area contributed by atoms with Gasteiger partial charge in [0.25, 0.3) is 0 Å². The molecule has 6 nitrogen and oxygen atoms in total. The van der Waals surface area contributed by atoms with Crippen LogP contribution >= 0.6 is 0 Å². The van der Waals surface area contributed by atoms with Crippen molar-refractivity contribution in [3.8, 4) is 0 Å². The molecule has 0 aromatic rings. The standard InChI is InChI=1S/C8H15N3O3S/c1-9-2-3-11(8-9)15(12,13)10-4-6-14-7-5-10/h2-3H,4-8H2,1H3. The molecule has 0 bridgehead atoms. The molecule has 86 valence electrons. The Morgan fingerprint density at radius 2 is 1.87 bits per heavy atom. The molecule has 0 aliphatic carbocycles. The fourth-order valence-electron chi connectivity index (χ4n) is 1.58. The summed E-state index contributed by atoms with van der Waals surface area (Å²) in [7, 11) is -1.50. The normalized spacial score (nSPS) is 23.8. The van der Waals surface area contributed by atoms with Crippen molar-refractivity contribution < 1.29 is 13.2 Å². The summed E-state index contributed by atoms with van der Waals surface area (Å²) in [6.07, 6.45) is 3.34. The first-order chi connectivity index (χ1) is 7.10. The first-order valence-electron chi connectivity index (χ1n) is 4.84. The van der Waals surface area contributed by atoms with Gasteiger partial charge in [0.05, 0.1) is 13.2 Å². The minimum absolute atomic E-state index is 0.389. The van der Waals surface area contributed by atoms with Crippen molar-refractivity contribution in [1.29, 1.82) is 0 Å². The van der Waals surface area contributed by atoms with Gasteiger partial charge in [-0.3, -0.25) is 0 Å². The smallest absolute Gasteiger partial charge is 0.305 e. The van der Waals surface area contributed by atoms with Crippen molar-refractivity contribution in [2.24, 2.45) is 0 Å². The minimum Gasteiger partial charge on any atom is -0.379 e. The Kier molecular flexibility index (Phi) is 2.85. The molecule has 2 aliphatic heterocycles. The predicted molar refractivity (Wildman–Crippen MR) is 54.9 cm³/mol. The van der Waals surface area contributed by atoms with Crippen LogP contribution in [-0.4, -0.2) is 61.9 Å². The van der Waals surface area contributed by atoms with Crippen molar-refractivity contribution >= 4 is 10.2 Å². The number of hydrogen-bond acceptors (Lipinski definition) is 4. The molecule has 7 heteroatoms. The second-order valence-electron chi connectivity index (χ2n) is 3.60. The molecule has 0 saturated carbocycles. The van der Waals surface area contributed by atoms with Gasteiger partial charge >= 0.3 is 10.2 Å². The second kappa shape index (κ2) is 3.99. The molecular formula is C8H15N3O3S. The Labute approximate surface area is 89.9 Å². The van der Waals surface area contributed by atoms with Gasteiger partial charge in [-0.2, -0.15) is 12.7 Å². The molecule has 1 fully saturated rings. The zero-order valence-corrected chi connectivity index (χ0v) is 9.48. The van der Waals surface area contributed by atoms with Gasteiger partial charge in [0, 0.05) is 32.5 Å². The van der Waals surface area contributed by atoms with E-state index >= 15 is 0 Å². The van der Waals surface area contributed by atoms with Crippen LogP contribution in [0.3, 0.4) is 0 Å².